The Labute approximate surface area is 123 Å². The first kappa shape index (κ1) is 14.8. The molecule has 1 saturated heterocycles. The van der Waals surface area contributed by atoms with Crippen LogP contribution in [0.15, 0.2) is 54.8 Å². The van der Waals surface area contributed by atoms with Gasteiger partial charge in [0.2, 0.25) is 0 Å². The minimum Gasteiger partial charge on any atom is -0.461 e. The lowest BCUT2D eigenvalue weighted by Gasteiger charge is -2.33. The van der Waals surface area contributed by atoms with Gasteiger partial charge in [-0.1, -0.05) is 49.1 Å². The lowest BCUT2D eigenvalue weighted by Crippen LogP contribution is -2.51. The van der Waals surface area contributed by atoms with E-state index in [4.69, 9.17) is 4.74 Å². The van der Waals surface area contributed by atoms with Gasteiger partial charge in [0.1, 0.15) is 12.5 Å². The third kappa shape index (κ3) is 3.51. The van der Waals surface area contributed by atoms with Crippen LogP contribution in [-0.4, -0.2) is 18.6 Å². The van der Waals surface area contributed by atoms with Gasteiger partial charge in [-0.2, -0.15) is 0 Å². The number of rotatable bonds is 4. The molecule has 21 heavy (non-hydrogen) atoms. The van der Waals surface area contributed by atoms with Gasteiger partial charge in [-0.05, 0) is 12.5 Å². The summed E-state index contributed by atoms with van der Waals surface area (Å²) in [6.45, 7) is 5.83. The molecule has 2 N–H and O–H groups in total. The predicted octanol–water partition coefficient (Wildman–Crippen LogP) is 2.29. The van der Waals surface area contributed by atoms with E-state index in [2.05, 4.69) is 17.2 Å². The van der Waals surface area contributed by atoms with Crippen LogP contribution < -0.4 is 10.6 Å². The van der Waals surface area contributed by atoms with Crippen molar-refractivity contribution in [3.63, 3.8) is 0 Å². The zero-order valence-corrected chi connectivity index (χ0v) is 11.8. The predicted molar refractivity (Wildman–Crippen MR) is 79.3 cm³/mol. The number of carbonyl (C=O) groups excluding carboxylic acids is 2. The molecule has 1 aliphatic rings. The van der Waals surface area contributed by atoms with Gasteiger partial charge in [0.25, 0.3) is 0 Å². The van der Waals surface area contributed by atoms with Crippen molar-refractivity contribution in [1.29, 1.82) is 0 Å². The summed E-state index contributed by atoms with van der Waals surface area (Å²) in [5.74, 6) is -1.07. The number of allylic oxidation sites excluding steroid dienone is 1. The third-order valence-electron chi connectivity index (χ3n) is 3.24. The summed E-state index contributed by atoms with van der Waals surface area (Å²) in [5, 5.41) is 5.29. The van der Waals surface area contributed by atoms with Gasteiger partial charge in [0, 0.05) is 5.70 Å². The molecule has 1 aromatic rings. The summed E-state index contributed by atoms with van der Waals surface area (Å²) in [5.41, 5.74) is 1.18. The minimum atomic E-state index is -0.657. The Morgan fingerprint density at radius 2 is 2.10 bits per heavy atom. The average Bonchev–Trinajstić information content (AvgIpc) is 2.47. The fourth-order valence-corrected chi connectivity index (χ4v) is 2.22. The van der Waals surface area contributed by atoms with Crippen LogP contribution in [0, 0.1) is 5.92 Å². The first-order valence-corrected chi connectivity index (χ1v) is 6.72. The van der Waals surface area contributed by atoms with Crippen molar-refractivity contribution in [3.8, 4) is 0 Å². The van der Waals surface area contributed by atoms with Crippen molar-refractivity contribution in [3.05, 3.63) is 60.3 Å². The molecule has 0 aromatic heterocycles. The second-order valence-electron chi connectivity index (χ2n) is 4.69. The van der Waals surface area contributed by atoms with Gasteiger partial charge in [-0.25, -0.2) is 4.79 Å². The number of amides is 2. The highest BCUT2D eigenvalue weighted by molar-refractivity contribution is 5.85. The van der Waals surface area contributed by atoms with Crippen molar-refractivity contribution >= 4 is 12.0 Å². The van der Waals surface area contributed by atoms with E-state index in [1.165, 1.54) is 0 Å². The third-order valence-corrected chi connectivity index (χ3v) is 3.24. The van der Waals surface area contributed by atoms with Gasteiger partial charge >= 0.3 is 12.0 Å². The molecule has 2 amide bonds. The molecule has 0 bridgehead atoms. The number of urea groups is 1. The van der Waals surface area contributed by atoms with E-state index in [1.807, 2.05) is 37.3 Å². The van der Waals surface area contributed by atoms with Crippen molar-refractivity contribution in [1.82, 2.24) is 10.6 Å². The molecule has 1 fully saturated rings. The number of carbonyl (C=O) groups is 2. The standard InChI is InChI=1S/C16H18N2O3/c1-3-4-10-21-15(19)13-11(2)17-16(20)18-14(13)12-8-6-5-7-9-12/h3-9,13-14H,2,10H2,1H3,(H2,17,18,20)/b4-3+/t13-,14+/m0/s1. The molecule has 5 nitrogen and oxygen atoms in total. The molecule has 0 radical (unpaired) electrons. The van der Waals surface area contributed by atoms with E-state index in [9.17, 15) is 9.59 Å². The summed E-state index contributed by atoms with van der Waals surface area (Å²) < 4.78 is 5.20. The number of esters is 1. The summed E-state index contributed by atoms with van der Waals surface area (Å²) >= 11 is 0. The number of benzene rings is 1. The Morgan fingerprint density at radius 3 is 2.76 bits per heavy atom. The molecule has 5 heteroatoms. The van der Waals surface area contributed by atoms with Crippen molar-refractivity contribution in [2.45, 2.75) is 13.0 Å². The van der Waals surface area contributed by atoms with Crippen LogP contribution >= 0.6 is 0 Å². The fourth-order valence-electron chi connectivity index (χ4n) is 2.22. The molecule has 0 saturated carbocycles. The second-order valence-corrected chi connectivity index (χ2v) is 4.69. The summed E-state index contributed by atoms with van der Waals surface area (Å²) in [7, 11) is 0. The summed E-state index contributed by atoms with van der Waals surface area (Å²) in [4.78, 5) is 23.9. The van der Waals surface area contributed by atoms with Crippen LogP contribution in [-0.2, 0) is 9.53 Å². The highest BCUT2D eigenvalue weighted by Gasteiger charge is 2.38. The molecule has 1 heterocycles. The first-order valence-electron chi connectivity index (χ1n) is 6.72. The maximum absolute atomic E-state index is 12.3. The lowest BCUT2D eigenvalue weighted by atomic mass is 9.89. The molecule has 0 spiro atoms. The monoisotopic (exact) mass is 286 g/mol. The largest absolute Gasteiger partial charge is 0.461 e. The molecule has 2 rings (SSSR count). The SMILES string of the molecule is C=C1NC(=O)N[C@H](c2ccccc2)[C@H]1C(=O)OC/C=C/C. The Kier molecular flexibility index (Phi) is 4.77. The fraction of sp³-hybridized carbons (Fsp3) is 0.250. The summed E-state index contributed by atoms with van der Waals surface area (Å²) in [6.07, 6.45) is 3.55. The van der Waals surface area contributed by atoms with E-state index in [0.29, 0.717) is 5.70 Å². The molecule has 0 aliphatic carbocycles. The quantitative estimate of drug-likeness (QED) is 0.659. The van der Waals surface area contributed by atoms with Crippen LogP contribution in [0.25, 0.3) is 0 Å². The van der Waals surface area contributed by atoms with Crippen LogP contribution in [0.2, 0.25) is 0 Å². The Hall–Kier alpha value is -2.56. The first-order chi connectivity index (χ1) is 10.1. The van der Waals surface area contributed by atoms with Gasteiger partial charge in [-0.3, -0.25) is 4.79 Å². The Balaban J connectivity index is 2.23. The Morgan fingerprint density at radius 1 is 1.38 bits per heavy atom. The molecule has 1 aliphatic heterocycles. The number of ether oxygens (including phenoxy) is 1. The van der Waals surface area contributed by atoms with Crippen LogP contribution in [0.4, 0.5) is 4.79 Å². The maximum atomic E-state index is 12.3. The van der Waals surface area contributed by atoms with Crippen LogP contribution in [0.1, 0.15) is 18.5 Å². The van der Waals surface area contributed by atoms with Crippen molar-refractivity contribution in [2.75, 3.05) is 6.61 Å². The van der Waals surface area contributed by atoms with Crippen molar-refractivity contribution in [2.24, 2.45) is 5.92 Å². The van der Waals surface area contributed by atoms with E-state index < -0.39 is 17.9 Å². The van der Waals surface area contributed by atoms with Crippen LogP contribution in [0.3, 0.4) is 0 Å². The molecule has 2 atom stereocenters. The van der Waals surface area contributed by atoms with Gasteiger partial charge in [0.15, 0.2) is 0 Å². The second kappa shape index (κ2) is 6.74. The molecular formula is C16H18N2O3. The Bertz CT molecular complexity index is 566. The molecule has 0 unspecified atom stereocenters. The zero-order valence-electron chi connectivity index (χ0n) is 11.8. The van der Waals surface area contributed by atoms with Gasteiger partial charge < -0.3 is 15.4 Å². The maximum Gasteiger partial charge on any atom is 0.319 e. The van der Waals surface area contributed by atoms with E-state index >= 15 is 0 Å². The summed E-state index contributed by atoms with van der Waals surface area (Å²) in [6, 6.07) is 8.45. The van der Waals surface area contributed by atoms with Crippen molar-refractivity contribution < 1.29 is 14.3 Å². The number of hydrogen-bond acceptors (Lipinski definition) is 3. The number of nitrogens with one attached hydrogen (secondary N) is 2. The zero-order chi connectivity index (χ0) is 15.2. The van der Waals surface area contributed by atoms with E-state index in [0.717, 1.165) is 5.56 Å². The van der Waals surface area contributed by atoms with E-state index in [1.54, 1.807) is 12.2 Å². The lowest BCUT2D eigenvalue weighted by molar-refractivity contribution is -0.147. The van der Waals surface area contributed by atoms with Gasteiger partial charge in [-0.15, -0.1) is 0 Å². The average molecular weight is 286 g/mol. The van der Waals surface area contributed by atoms with Crippen LogP contribution in [0.5, 0.6) is 0 Å². The van der Waals surface area contributed by atoms with Gasteiger partial charge in [0.05, 0.1) is 6.04 Å². The minimum absolute atomic E-state index is 0.203. The molecular weight excluding hydrogens is 268 g/mol. The highest BCUT2D eigenvalue weighted by atomic mass is 16.5. The molecule has 1 aromatic carbocycles. The van der Waals surface area contributed by atoms with E-state index in [-0.39, 0.29) is 12.6 Å². The smallest absolute Gasteiger partial charge is 0.319 e. The topological polar surface area (TPSA) is 67.4 Å². The molecule has 110 valence electrons. The normalized spacial score (nSPS) is 21.8. The highest BCUT2D eigenvalue weighted by Crippen LogP contribution is 2.30. The number of hydrogen-bond donors (Lipinski definition) is 2.